The van der Waals surface area contributed by atoms with Gasteiger partial charge in [0.25, 0.3) is 3.79 Å². The molecule has 0 saturated heterocycles. The maximum atomic E-state index is 11.7. The van der Waals surface area contributed by atoms with Crippen molar-refractivity contribution in [1.82, 2.24) is 10.3 Å². The monoisotopic (exact) mass is 324 g/mol. The minimum Gasteiger partial charge on any atom is -0.319 e. The number of quaternary nitrogens is 1. The first-order valence-corrected chi connectivity index (χ1v) is 7.03. The van der Waals surface area contributed by atoms with Crippen LogP contribution in [0.25, 0.3) is 0 Å². The highest BCUT2D eigenvalue weighted by Crippen LogP contribution is 2.27. The Balaban J connectivity index is 2.63. The van der Waals surface area contributed by atoms with Crippen molar-refractivity contribution in [2.24, 2.45) is 5.92 Å². The molecule has 0 aromatic carbocycles. The zero-order chi connectivity index (χ0) is 14.5. The molecule has 0 saturated carbocycles. The summed E-state index contributed by atoms with van der Waals surface area (Å²) in [6, 6.07) is 3.75. The first-order chi connectivity index (χ1) is 8.80. The van der Waals surface area contributed by atoms with Gasteiger partial charge in [-0.3, -0.25) is 9.78 Å². The van der Waals surface area contributed by atoms with E-state index in [1.54, 1.807) is 31.6 Å². The van der Waals surface area contributed by atoms with E-state index in [1.807, 2.05) is 12.1 Å². The molecule has 0 bridgehead atoms. The van der Waals surface area contributed by atoms with Crippen molar-refractivity contribution in [1.29, 1.82) is 0 Å². The van der Waals surface area contributed by atoms with Gasteiger partial charge in [-0.15, -0.1) is 0 Å². The smallest absolute Gasteiger partial charge is 0.262 e. The average molecular weight is 326 g/mol. The Morgan fingerprint density at radius 3 is 2.63 bits per heavy atom. The van der Waals surface area contributed by atoms with Gasteiger partial charge in [0, 0.05) is 23.9 Å². The van der Waals surface area contributed by atoms with Gasteiger partial charge in [0.15, 0.2) is 0 Å². The molecule has 0 unspecified atom stereocenters. The molecule has 1 rings (SSSR count). The summed E-state index contributed by atoms with van der Waals surface area (Å²) < 4.78 is -1.58. The summed E-state index contributed by atoms with van der Waals surface area (Å²) in [5.74, 6) is -0.319. The Kier molecular flexibility index (Phi) is 6.33. The van der Waals surface area contributed by atoms with Crippen LogP contribution in [0.4, 0.5) is 0 Å². The van der Waals surface area contributed by atoms with Gasteiger partial charge >= 0.3 is 0 Å². The second-order valence-electron chi connectivity index (χ2n) is 4.48. The molecule has 0 aliphatic carbocycles. The molecular formula is C12H17Cl3N3O+. The van der Waals surface area contributed by atoms with Gasteiger partial charge in [-0.2, -0.15) is 0 Å². The van der Waals surface area contributed by atoms with Crippen LogP contribution in [-0.4, -0.2) is 20.8 Å². The molecule has 0 spiro atoms. The predicted molar refractivity (Wildman–Crippen MR) is 76.9 cm³/mol. The van der Waals surface area contributed by atoms with E-state index in [1.165, 1.54) is 0 Å². The fraction of sp³-hybridized carbons (Fsp3) is 0.500. The number of pyridine rings is 1. The van der Waals surface area contributed by atoms with Crippen molar-refractivity contribution < 1.29 is 10.1 Å². The molecule has 1 heterocycles. The normalized spacial score (nSPS) is 13.4. The summed E-state index contributed by atoms with van der Waals surface area (Å²) in [4.78, 5) is 15.7. The number of nitrogens with zero attached hydrogens (tertiary/aromatic N) is 1. The number of alkyl halides is 3. The van der Waals surface area contributed by atoms with Crippen LogP contribution in [0, 0.1) is 5.92 Å². The third kappa shape index (κ3) is 5.95. The summed E-state index contributed by atoms with van der Waals surface area (Å²) in [5, 5.41) is 4.48. The van der Waals surface area contributed by atoms with Crippen LogP contribution in [-0.2, 0) is 11.3 Å². The quantitative estimate of drug-likeness (QED) is 0.638. The summed E-state index contributed by atoms with van der Waals surface area (Å²) in [5.41, 5.74) is 0.987. The lowest BCUT2D eigenvalue weighted by molar-refractivity contribution is -0.707. The number of rotatable bonds is 5. The Labute approximate surface area is 127 Å². The van der Waals surface area contributed by atoms with Gasteiger partial charge in [-0.1, -0.05) is 54.7 Å². The molecule has 1 aromatic rings. The fourth-order valence-electron chi connectivity index (χ4n) is 1.37. The second-order valence-corrected chi connectivity index (χ2v) is 6.85. The first-order valence-electron chi connectivity index (χ1n) is 5.90. The largest absolute Gasteiger partial charge is 0.319 e. The van der Waals surface area contributed by atoms with Crippen molar-refractivity contribution in [3.05, 3.63) is 30.1 Å². The van der Waals surface area contributed by atoms with Gasteiger partial charge in [0.1, 0.15) is 6.54 Å². The van der Waals surface area contributed by atoms with Crippen LogP contribution in [0.5, 0.6) is 0 Å². The van der Waals surface area contributed by atoms with E-state index in [2.05, 4.69) is 10.3 Å². The van der Waals surface area contributed by atoms with Gasteiger partial charge in [-0.05, 0) is 6.07 Å². The van der Waals surface area contributed by atoms with Crippen LogP contribution < -0.4 is 10.6 Å². The van der Waals surface area contributed by atoms with Crippen LogP contribution in [0.3, 0.4) is 0 Å². The number of hydrogen-bond acceptors (Lipinski definition) is 2. The number of carbonyl (C=O) groups is 1. The van der Waals surface area contributed by atoms with E-state index < -0.39 is 9.96 Å². The van der Waals surface area contributed by atoms with E-state index in [4.69, 9.17) is 34.8 Å². The standard InChI is InChI=1S/C12H16Cl3N3O/c1-8(2)10(19)18-11(12(13,14)15)17-7-9-4-3-5-16-6-9/h3-6,8,11,17H,7H2,1-2H3,(H,18,19)/p+1/t11-/m1/s1. The van der Waals surface area contributed by atoms with Crippen LogP contribution >= 0.6 is 34.8 Å². The Hall–Kier alpha value is -0.550. The number of carbonyl (C=O) groups excluding carboxylic acids is 1. The predicted octanol–water partition coefficient (Wildman–Crippen LogP) is 1.61. The lowest BCUT2D eigenvalue weighted by atomic mass is 10.2. The minimum atomic E-state index is -1.58. The third-order valence-corrected chi connectivity index (χ3v) is 3.19. The van der Waals surface area contributed by atoms with Crippen molar-refractivity contribution in [2.45, 2.75) is 30.4 Å². The summed E-state index contributed by atoms with van der Waals surface area (Å²) in [7, 11) is 0. The number of amides is 1. The van der Waals surface area contributed by atoms with E-state index in [0.29, 0.717) is 6.54 Å². The zero-order valence-corrected chi connectivity index (χ0v) is 13.0. The molecule has 1 amide bonds. The van der Waals surface area contributed by atoms with Gasteiger partial charge in [-0.25, -0.2) is 0 Å². The van der Waals surface area contributed by atoms with Gasteiger partial charge in [0.05, 0.1) is 0 Å². The minimum absolute atomic E-state index is 0.154. The van der Waals surface area contributed by atoms with E-state index in [0.717, 1.165) is 5.56 Å². The van der Waals surface area contributed by atoms with Gasteiger partial charge in [0.2, 0.25) is 12.1 Å². The van der Waals surface area contributed by atoms with E-state index in [-0.39, 0.29) is 11.8 Å². The third-order valence-electron chi connectivity index (χ3n) is 2.49. The molecule has 0 radical (unpaired) electrons. The van der Waals surface area contributed by atoms with Crippen LogP contribution in [0.15, 0.2) is 24.5 Å². The van der Waals surface area contributed by atoms with E-state index >= 15 is 0 Å². The number of halogens is 3. The van der Waals surface area contributed by atoms with Crippen molar-refractivity contribution in [3.63, 3.8) is 0 Å². The molecule has 3 N–H and O–H groups in total. The molecule has 4 nitrogen and oxygen atoms in total. The maximum absolute atomic E-state index is 11.7. The molecule has 1 aromatic heterocycles. The summed E-state index contributed by atoms with van der Waals surface area (Å²) >= 11 is 17.7. The lowest BCUT2D eigenvalue weighted by Gasteiger charge is -2.24. The maximum Gasteiger partial charge on any atom is 0.262 e. The topological polar surface area (TPSA) is 58.6 Å². The van der Waals surface area contributed by atoms with Crippen molar-refractivity contribution >= 4 is 40.7 Å². The first kappa shape index (κ1) is 16.5. The highest BCUT2D eigenvalue weighted by molar-refractivity contribution is 6.68. The number of aromatic nitrogens is 1. The molecule has 7 heteroatoms. The van der Waals surface area contributed by atoms with Crippen LogP contribution in [0.1, 0.15) is 19.4 Å². The van der Waals surface area contributed by atoms with Gasteiger partial charge < -0.3 is 10.6 Å². The lowest BCUT2D eigenvalue weighted by Crippen LogP contribution is -2.95. The molecule has 106 valence electrons. The number of nitrogens with one attached hydrogen (secondary N) is 1. The van der Waals surface area contributed by atoms with Crippen LogP contribution in [0.2, 0.25) is 0 Å². The highest BCUT2D eigenvalue weighted by atomic mass is 35.6. The Bertz CT molecular complexity index is 406. The molecule has 0 aliphatic rings. The number of nitrogens with two attached hydrogens (primary N) is 1. The summed E-state index contributed by atoms with van der Waals surface area (Å²) in [6.07, 6.45) is 2.78. The average Bonchev–Trinajstić information content (AvgIpc) is 2.33. The Morgan fingerprint density at radius 1 is 1.47 bits per heavy atom. The molecule has 19 heavy (non-hydrogen) atoms. The highest BCUT2D eigenvalue weighted by Gasteiger charge is 2.37. The molecule has 0 aliphatic heterocycles. The molecule has 0 fully saturated rings. The van der Waals surface area contributed by atoms with Crippen molar-refractivity contribution in [2.75, 3.05) is 0 Å². The zero-order valence-electron chi connectivity index (χ0n) is 10.7. The Morgan fingerprint density at radius 2 is 2.16 bits per heavy atom. The summed E-state index contributed by atoms with van der Waals surface area (Å²) in [6.45, 7) is 4.13. The molecule has 1 atom stereocenters. The SMILES string of the molecule is CC(C)C(=O)N[C@@H]([NH2+]Cc1cccnc1)C(Cl)(Cl)Cl. The fourth-order valence-corrected chi connectivity index (χ4v) is 1.80. The second kappa shape index (κ2) is 7.29. The molecular weight excluding hydrogens is 309 g/mol. The number of hydrogen-bond donors (Lipinski definition) is 2. The van der Waals surface area contributed by atoms with Crippen molar-refractivity contribution in [3.8, 4) is 0 Å². The van der Waals surface area contributed by atoms with E-state index in [9.17, 15) is 4.79 Å².